The normalized spacial score (nSPS) is 28.5. The Morgan fingerprint density at radius 2 is 1.68 bits per heavy atom. The summed E-state index contributed by atoms with van der Waals surface area (Å²) < 4.78 is 27.6. The number of nitrogens with zero attached hydrogens (tertiary/aromatic N) is 2. The summed E-state index contributed by atoms with van der Waals surface area (Å²) in [5, 5.41) is 18.3. The van der Waals surface area contributed by atoms with Crippen molar-refractivity contribution in [2.45, 2.75) is 32.2 Å². The molecule has 0 aromatic heterocycles. The van der Waals surface area contributed by atoms with E-state index >= 15 is 0 Å². The summed E-state index contributed by atoms with van der Waals surface area (Å²) in [5.74, 6) is -4.37. The van der Waals surface area contributed by atoms with Gasteiger partial charge in [0.15, 0.2) is 0 Å². The predicted molar refractivity (Wildman–Crippen MR) is 77.3 cm³/mol. The average molecular weight is 334 g/mol. The van der Waals surface area contributed by atoms with E-state index < -0.39 is 34.0 Å². The molecule has 1 aliphatic heterocycles. The molecule has 0 spiro atoms. The lowest BCUT2D eigenvalue weighted by molar-refractivity contribution is -0.156. The summed E-state index contributed by atoms with van der Waals surface area (Å²) in [4.78, 5) is 22.4. The highest BCUT2D eigenvalue weighted by Gasteiger charge is 2.45. The van der Waals surface area contributed by atoms with Crippen molar-refractivity contribution in [2.75, 3.05) is 20.1 Å². The maximum Gasteiger partial charge on any atom is 0.308 e. The Morgan fingerprint density at radius 1 is 1.14 bits per heavy atom. The number of rotatable bonds is 6. The molecule has 3 atom stereocenters. The van der Waals surface area contributed by atoms with Crippen LogP contribution in [0.25, 0.3) is 0 Å². The molecule has 1 heterocycles. The molecule has 8 nitrogen and oxygen atoms in total. The summed E-state index contributed by atoms with van der Waals surface area (Å²) in [5.41, 5.74) is 0. The van der Waals surface area contributed by atoms with Gasteiger partial charge in [-0.2, -0.15) is 17.0 Å². The van der Waals surface area contributed by atoms with Crippen LogP contribution < -0.4 is 0 Å². The van der Waals surface area contributed by atoms with E-state index in [-0.39, 0.29) is 25.6 Å². The van der Waals surface area contributed by atoms with Gasteiger partial charge in [0.1, 0.15) is 0 Å². The predicted octanol–water partition coefficient (Wildman–Crippen LogP) is 0.0688. The van der Waals surface area contributed by atoms with Gasteiger partial charge in [-0.1, -0.05) is 0 Å². The highest BCUT2D eigenvalue weighted by atomic mass is 32.2. The van der Waals surface area contributed by atoms with Gasteiger partial charge < -0.3 is 10.2 Å². The first kappa shape index (κ1) is 17.2. The van der Waals surface area contributed by atoms with Crippen LogP contribution in [-0.4, -0.2) is 65.4 Å². The van der Waals surface area contributed by atoms with Gasteiger partial charge in [0, 0.05) is 26.2 Å². The molecule has 9 heteroatoms. The van der Waals surface area contributed by atoms with Crippen LogP contribution in [0.3, 0.4) is 0 Å². The molecule has 1 saturated heterocycles. The van der Waals surface area contributed by atoms with Gasteiger partial charge in [0.2, 0.25) is 0 Å². The molecule has 0 amide bonds. The fraction of sp³-hybridized carbons (Fsp3) is 0.846. The third-order valence-electron chi connectivity index (χ3n) is 4.78. The zero-order valence-corrected chi connectivity index (χ0v) is 13.5. The first-order chi connectivity index (χ1) is 10.2. The van der Waals surface area contributed by atoms with E-state index in [0.717, 1.165) is 17.1 Å². The van der Waals surface area contributed by atoms with Crippen LogP contribution in [0.5, 0.6) is 0 Å². The molecule has 1 saturated carbocycles. The van der Waals surface area contributed by atoms with Crippen molar-refractivity contribution in [3.05, 3.63) is 0 Å². The Morgan fingerprint density at radius 3 is 2.14 bits per heavy atom. The lowest BCUT2D eigenvalue weighted by Crippen LogP contribution is -2.53. The molecule has 2 N–H and O–H groups in total. The van der Waals surface area contributed by atoms with E-state index in [2.05, 4.69) is 0 Å². The molecule has 22 heavy (non-hydrogen) atoms. The van der Waals surface area contributed by atoms with Crippen LogP contribution in [0.15, 0.2) is 0 Å². The summed E-state index contributed by atoms with van der Waals surface area (Å²) in [6.07, 6.45) is 2.01. The van der Waals surface area contributed by atoms with Crippen molar-refractivity contribution in [1.82, 2.24) is 8.61 Å². The van der Waals surface area contributed by atoms with E-state index in [1.807, 2.05) is 6.92 Å². The van der Waals surface area contributed by atoms with Gasteiger partial charge in [-0.05, 0) is 32.1 Å². The Labute approximate surface area is 129 Å². The second-order valence-electron chi connectivity index (χ2n) is 6.14. The maximum absolute atomic E-state index is 12.6. The fourth-order valence-electron chi connectivity index (χ4n) is 2.95. The zero-order chi connectivity index (χ0) is 16.7. The molecular formula is C13H22N2O6S. The SMILES string of the molecule is CC(C1CC1)N(C)S(=O)(=O)N1CCC(C(=O)O)C(C(=O)O)C1. The minimum Gasteiger partial charge on any atom is -0.481 e. The number of piperidine rings is 1. The highest BCUT2D eigenvalue weighted by molar-refractivity contribution is 7.86. The van der Waals surface area contributed by atoms with Crippen molar-refractivity contribution in [2.24, 2.45) is 17.8 Å². The smallest absolute Gasteiger partial charge is 0.308 e. The molecule has 0 aromatic rings. The number of hydrogen-bond acceptors (Lipinski definition) is 4. The summed E-state index contributed by atoms with van der Waals surface area (Å²) in [6, 6.07) is -0.134. The Kier molecular flexibility index (Phi) is 4.78. The van der Waals surface area contributed by atoms with Gasteiger partial charge >= 0.3 is 11.9 Å². The molecule has 2 rings (SSSR count). The second kappa shape index (κ2) is 6.13. The van der Waals surface area contributed by atoms with Gasteiger partial charge in [-0.15, -0.1) is 0 Å². The number of carboxylic acid groups (broad SMARTS) is 2. The fourth-order valence-corrected chi connectivity index (χ4v) is 4.59. The monoisotopic (exact) mass is 334 g/mol. The molecule has 126 valence electrons. The molecule has 2 fully saturated rings. The first-order valence-electron chi connectivity index (χ1n) is 7.35. The van der Waals surface area contributed by atoms with Gasteiger partial charge in [0.05, 0.1) is 11.8 Å². The van der Waals surface area contributed by atoms with Crippen molar-refractivity contribution in [3.8, 4) is 0 Å². The van der Waals surface area contributed by atoms with E-state index in [0.29, 0.717) is 5.92 Å². The van der Waals surface area contributed by atoms with Crippen molar-refractivity contribution >= 4 is 22.1 Å². The third kappa shape index (κ3) is 3.26. The van der Waals surface area contributed by atoms with Crippen LogP contribution in [-0.2, 0) is 19.8 Å². The Balaban J connectivity index is 2.14. The lowest BCUT2D eigenvalue weighted by Gasteiger charge is -2.37. The number of carboxylic acids is 2. The van der Waals surface area contributed by atoms with E-state index in [1.54, 1.807) is 0 Å². The number of aliphatic carboxylic acids is 2. The van der Waals surface area contributed by atoms with Crippen molar-refractivity contribution in [3.63, 3.8) is 0 Å². The van der Waals surface area contributed by atoms with Gasteiger partial charge in [-0.3, -0.25) is 9.59 Å². The second-order valence-corrected chi connectivity index (χ2v) is 8.13. The van der Waals surface area contributed by atoms with Crippen LogP contribution >= 0.6 is 0 Å². The first-order valence-corrected chi connectivity index (χ1v) is 8.74. The zero-order valence-electron chi connectivity index (χ0n) is 12.7. The van der Waals surface area contributed by atoms with Crippen molar-refractivity contribution < 1.29 is 28.2 Å². The molecule has 2 aliphatic rings. The molecule has 0 bridgehead atoms. The molecule has 0 aromatic carbocycles. The number of hydrogen-bond donors (Lipinski definition) is 2. The summed E-state index contributed by atoms with van der Waals surface area (Å²) >= 11 is 0. The topological polar surface area (TPSA) is 115 Å². The summed E-state index contributed by atoms with van der Waals surface area (Å²) in [6.45, 7) is 1.58. The van der Waals surface area contributed by atoms with Gasteiger partial charge in [0.25, 0.3) is 10.2 Å². The largest absolute Gasteiger partial charge is 0.481 e. The molecular weight excluding hydrogens is 312 g/mol. The minimum atomic E-state index is -3.77. The number of carbonyl (C=O) groups is 2. The Bertz CT molecular complexity index is 559. The van der Waals surface area contributed by atoms with Gasteiger partial charge in [-0.25, -0.2) is 0 Å². The van der Waals surface area contributed by atoms with Crippen LogP contribution in [0, 0.1) is 17.8 Å². The minimum absolute atomic E-state index is 0.0111. The quantitative estimate of drug-likeness (QED) is 0.710. The standard InChI is InChI=1S/C13H22N2O6S/c1-8(9-3-4-9)14(2)22(20,21)15-6-5-10(12(16)17)11(7-15)13(18)19/h8-11H,3-7H2,1-2H3,(H,16,17)(H,18,19). The Hall–Kier alpha value is -1.19. The average Bonchev–Trinajstić information content (AvgIpc) is 3.29. The van der Waals surface area contributed by atoms with Crippen LogP contribution in [0.1, 0.15) is 26.2 Å². The molecule has 0 radical (unpaired) electrons. The molecule has 1 aliphatic carbocycles. The maximum atomic E-state index is 12.6. The lowest BCUT2D eigenvalue weighted by atomic mass is 9.86. The van der Waals surface area contributed by atoms with Crippen molar-refractivity contribution in [1.29, 1.82) is 0 Å². The summed E-state index contributed by atoms with van der Waals surface area (Å²) in [7, 11) is -2.27. The third-order valence-corrected chi connectivity index (χ3v) is 6.82. The van der Waals surface area contributed by atoms with E-state index in [4.69, 9.17) is 5.11 Å². The van der Waals surface area contributed by atoms with E-state index in [1.165, 1.54) is 11.4 Å². The highest BCUT2D eigenvalue weighted by Crippen LogP contribution is 2.36. The molecule has 3 unspecified atom stereocenters. The van der Waals surface area contributed by atoms with Crippen LogP contribution in [0.2, 0.25) is 0 Å². The van der Waals surface area contributed by atoms with Crippen LogP contribution in [0.4, 0.5) is 0 Å². The van der Waals surface area contributed by atoms with E-state index in [9.17, 15) is 23.1 Å².